The maximum absolute atomic E-state index is 13.7. The lowest BCUT2D eigenvalue weighted by Gasteiger charge is -2.33. The van der Waals surface area contributed by atoms with E-state index in [-0.39, 0.29) is 24.3 Å². The molecule has 2 amide bonds. The topological polar surface area (TPSA) is 58.6 Å². The number of hydrogen-bond acceptors (Lipinski definition) is 5. The van der Waals surface area contributed by atoms with E-state index in [2.05, 4.69) is 5.32 Å². The Hall–Kier alpha value is -2.64. The molecule has 3 aromatic rings. The summed E-state index contributed by atoms with van der Waals surface area (Å²) < 4.78 is 5.59. The largest absolute Gasteiger partial charge is 0.494 e. The molecule has 7 heteroatoms. The van der Waals surface area contributed by atoms with Crippen molar-refractivity contribution in [2.75, 3.05) is 11.5 Å². The van der Waals surface area contributed by atoms with E-state index in [1.807, 2.05) is 66.2 Å². The number of anilines is 1. The number of rotatable bonds is 9. The van der Waals surface area contributed by atoms with Crippen molar-refractivity contribution in [3.05, 3.63) is 69.0 Å². The lowest BCUT2D eigenvalue weighted by molar-refractivity contribution is -0.127. The predicted octanol–water partition coefficient (Wildman–Crippen LogP) is 5.97. The van der Waals surface area contributed by atoms with E-state index in [1.54, 1.807) is 16.2 Å². The molecule has 1 aliphatic rings. The SMILES string of the molecule is CCOc1ccc(N(C(=O)Cc2cccs2)C(C(=O)NC2CCCCC2)c2cccs2)cc1. The van der Waals surface area contributed by atoms with Crippen LogP contribution in [0.25, 0.3) is 0 Å². The van der Waals surface area contributed by atoms with E-state index >= 15 is 0 Å². The van der Waals surface area contributed by atoms with Gasteiger partial charge in [0.15, 0.2) is 0 Å². The molecule has 1 aromatic carbocycles. The number of hydrogen-bond donors (Lipinski definition) is 1. The van der Waals surface area contributed by atoms with Gasteiger partial charge in [-0.3, -0.25) is 14.5 Å². The van der Waals surface area contributed by atoms with Crippen molar-refractivity contribution in [3.8, 4) is 5.75 Å². The normalized spacial score (nSPS) is 15.1. The van der Waals surface area contributed by atoms with Gasteiger partial charge in [0.1, 0.15) is 11.8 Å². The molecule has 2 heterocycles. The van der Waals surface area contributed by atoms with Crippen LogP contribution >= 0.6 is 22.7 Å². The van der Waals surface area contributed by atoms with Crippen LogP contribution in [0.2, 0.25) is 0 Å². The summed E-state index contributed by atoms with van der Waals surface area (Å²) in [5.41, 5.74) is 0.692. The van der Waals surface area contributed by atoms with Gasteiger partial charge in [-0.1, -0.05) is 31.4 Å². The van der Waals surface area contributed by atoms with Crippen LogP contribution in [-0.4, -0.2) is 24.5 Å². The number of amides is 2. The number of nitrogens with one attached hydrogen (secondary N) is 1. The van der Waals surface area contributed by atoms with E-state index in [1.165, 1.54) is 17.8 Å². The number of carbonyl (C=O) groups is 2. The van der Waals surface area contributed by atoms with Crippen molar-refractivity contribution >= 4 is 40.2 Å². The zero-order chi connectivity index (χ0) is 23.0. The number of thiophene rings is 2. The maximum atomic E-state index is 13.7. The monoisotopic (exact) mass is 482 g/mol. The molecule has 0 bridgehead atoms. The average Bonchev–Trinajstić information content (AvgIpc) is 3.53. The third-order valence-corrected chi connectivity index (χ3v) is 7.67. The summed E-state index contributed by atoms with van der Waals surface area (Å²) in [6.07, 6.45) is 5.73. The maximum Gasteiger partial charge on any atom is 0.248 e. The van der Waals surface area contributed by atoms with Gasteiger partial charge in [-0.2, -0.15) is 0 Å². The Bertz CT molecular complexity index is 1010. The van der Waals surface area contributed by atoms with E-state index in [0.29, 0.717) is 12.3 Å². The number of benzene rings is 1. The zero-order valence-electron chi connectivity index (χ0n) is 18.9. The molecule has 0 radical (unpaired) electrons. The minimum atomic E-state index is -0.711. The minimum absolute atomic E-state index is 0.0983. The van der Waals surface area contributed by atoms with E-state index < -0.39 is 6.04 Å². The summed E-state index contributed by atoms with van der Waals surface area (Å²) in [4.78, 5) is 30.9. The molecule has 1 saturated carbocycles. The molecule has 5 nitrogen and oxygen atoms in total. The Morgan fingerprint density at radius 2 is 1.76 bits per heavy atom. The Balaban J connectivity index is 1.68. The van der Waals surface area contributed by atoms with E-state index in [0.717, 1.165) is 41.2 Å². The van der Waals surface area contributed by atoms with Crippen molar-refractivity contribution in [2.45, 2.75) is 57.5 Å². The summed E-state index contributed by atoms with van der Waals surface area (Å²) in [5, 5.41) is 7.18. The second-order valence-electron chi connectivity index (χ2n) is 8.21. The fourth-order valence-electron chi connectivity index (χ4n) is 4.30. The first-order valence-corrected chi connectivity index (χ1v) is 13.3. The van der Waals surface area contributed by atoms with Crippen molar-refractivity contribution in [2.24, 2.45) is 0 Å². The fourth-order valence-corrected chi connectivity index (χ4v) is 5.81. The van der Waals surface area contributed by atoms with Crippen LogP contribution < -0.4 is 15.0 Å². The quantitative estimate of drug-likeness (QED) is 0.408. The molecule has 2 aromatic heterocycles. The molecule has 1 fully saturated rings. The molecule has 33 heavy (non-hydrogen) atoms. The summed E-state index contributed by atoms with van der Waals surface area (Å²) in [6, 6.07) is 14.7. The lowest BCUT2D eigenvalue weighted by Crippen LogP contribution is -2.47. The zero-order valence-corrected chi connectivity index (χ0v) is 20.5. The first-order valence-electron chi connectivity index (χ1n) is 11.6. The Morgan fingerprint density at radius 3 is 2.39 bits per heavy atom. The highest BCUT2D eigenvalue weighted by molar-refractivity contribution is 7.10. The van der Waals surface area contributed by atoms with Crippen molar-refractivity contribution in [1.29, 1.82) is 0 Å². The minimum Gasteiger partial charge on any atom is -0.494 e. The molecule has 1 atom stereocenters. The third kappa shape index (κ3) is 6.03. The van der Waals surface area contributed by atoms with Gasteiger partial charge in [-0.15, -0.1) is 22.7 Å². The Labute approximate surface area is 203 Å². The van der Waals surface area contributed by atoms with Gasteiger partial charge >= 0.3 is 0 Å². The predicted molar refractivity (Wildman–Crippen MR) is 135 cm³/mol. The lowest BCUT2D eigenvalue weighted by atomic mass is 9.95. The van der Waals surface area contributed by atoms with E-state index in [4.69, 9.17) is 4.74 Å². The molecule has 1 aliphatic carbocycles. The first kappa shape index (κ1) is 23.5. The van der Waals surface area contributed by atoms with Crippen LogP contribution in [-0.2, 0) is 16.0 Å². The highest BCUT2D eigenvalue weighted by atomic mass is 32.1. The van der Waals surface area contributed by atoms with Gasteiger partial charge in [-0.05, 0) is 66.9 Å². The molecule has 1 N–H and O–H groups in total. The standard InChI is InChI=1S/C26H30N2O3S2/c1-2-31-21-14-12-20(13-15-21)28(24(29)18-22-10-6-16-32-22)25(23-11-7-17-33-23)26(30)27-19-8-4-3-5-9-19/h6-7,10-17,19,25H,2-5,8-9,18H2,1H3,(H,27,30). The van der Waals surface area contributed by atoms with Crippen molar-refractivity contribution < 1.29 is 14.3 Å². The summed E-state index contributed by atoms with van der Waals surface area (Å²) >= 11 is 3.06. The van der Waals surface area contributed by atoms with Crippen LogP contribution in [0.15, 0.2) is 59.3 Å². The average molecular weight is 483 g/mol. The Morgan fingerprint density at radius 1 is 1.03 bits per heavy atom. The Kier molecular flexibility index (Phi) is 8.18. The number of ether oxygens (including phenoxy) is 1. The molecule has 0 saturated heterocycles. The molecule has 0 aliphatic heterocycles. The van der Waals surface area contributed by atoms with Gasteiger partial charge in [-0.25, -0.2) is 0 Å². The van der Waals surface area contributed by atoms with E-state index in [9.17, 15) is 9.59 Å². The second-order valence-corrected chi connectivity index (χ2v) is 10.2. The highest BCUT2D eigenvalue weighted by Crippen LogP contribution is 2.33. The van der Waals surface area contributed by atoms with Crippen LogP contribution in [0.4, 0.5) is 5.69 Å². The van der Waals surface area contributed by atoms with Crippen LogP contribution in [0.3, 0.4) is 0 Å². The third-order valence-electron chi connectivity index (χ3n) is 5.87. The number of nitrogens with zero attached hydrogens (tertiary/aromatic N) is 1. The number of carbonyl (C=O) groups excluding carboxylic acids is 2. The smallest absolute Gasteiger partial charge is 0.248 e. The summed E-state index contributed by atoms with van der Waals surface area (Å²) in [7, 11) is 0. The second kappa shape index (κ2) is 11.5. The molecule has 1 unspecified atom stereocenters. The van der Waals surface area contributed by atoms with Gasteiger partial charge in [0.05, 0.1) is 13.0 Å². The van der Waals surface area contributed by atoms with Gasteiger partial charge in [0.25, 0.3) is 0 Å². The fraction of sp³-hybridized carbons (Fsp3) is 0.385. The van der Waals surface area contributed by atoms with Gasteiger partial charge in [0.2, 0.25) is 11.8 Å². The van der Waals surface area contributed by atoms with Crippen LogP contribution in [0, 0.1) is 0 Å². The van der Waals surface area contributed by atoms with Crippen LogP contribution in [0.1, 0.15) is 54.8 Å². The van der Waals surface area contributed by atoms with Crippen molar-refractivity contribution in [1.82, 2.24) is 5.32 Å². The van der Waals surface area contributed by atoms with Gasteiger partial charge < -0.3 is 10.1 Å². The highest BCUT2D eigenvalue weighted by Gasteiger charge is 2.34. The van der Waals surface area contributed by atoms with Crippen LogP contribution in [0.5, 0.6) is 5.75 Å². The first-order chi connectivity index (χ1) is 16.2. The molecular weight excluding hydrogens is 452 g/mol. The molecule has 4 rings (SSSR count). The summed E-state index contributed by atoms with van der Waals surface area (Å²) in [6.45, 7) is 2.51. The molecular formula is C26H30N2O3S2. The van der Waals surface area contributed by atoms with Crippen molar-refractivity contribution in [3.63, 3.8) is 0 Å². The molecule has 174 valence electrons. The summed E-state index contributed by atoms with van der Waals surface area (Å²) in [5.74, 6) is 0.530. The molecule has 0 spiro atoms. The van der Waals surface area contributed by atoms with Gasteiger partial charge in [0, 0.05) is 21.5 Å².